The van der Waals surface area contributed by atoms with Gasteiger partial charge < -0.3 is 9.47 Å². The molecule has 2 unspecified atom stereocenters. The summed E-state index contributed by atoms with van der Waals surface area (Å²) in [5.74, 6) is -0.154. The van der Waals surface area contributed by atoms with E-state index in [-0.39, 0.29) is 12.1 Å². The molecule has 3 heteroatoms. The predicted octanol–water partition coefficient (Wildman–Crippen LogP) is 3.07. The molecule has 0 aliphatic carbocycles. The molecule has 0 radical (unpaired) electrons. The topological polar surface area (TPSA) is 35.5 Å². The van der Waals surface area contributed by atoms with E-state index in [0.29, 0.717) is 12.5 Å². The summed E-state index contributed by atoms with van der Waals surface area (Å²) in [4.78, 5) is 11.1. The Morgan fingerprint density at radius 1 is 1.31 bits per heavy atom. The van der Waals surface area contributed by atoms with Crippen molar-refractivity contribution in [2.24, 2.45) is 0 Å². The molecule has 2 atom stereocenters. The van der Waals surface area contributed by atoms with E-state index in [0.717, 1.165) is 19.3 Å². The molecule has 1 rings (SSSR count). The van der Waals surface area contributed by atoms with Gasteiger partial charge in [0.05, 0.1) is 25.7 Å². The van der Waals surface area contributed by atoms with Crippen molar-refractivity contribution >= 4 is 5.97 Å². The fourth-order valence-electron chi connectivity index (χ4n) is 2.24. The normalized spacial score (nSPS) is 25.4. The van der Waals surface area contributed by atoms with E-state index in [1.165, 1.54) is 32.8 Å². The largest absolute Gasteiger partial charge is 0.469 e. The van der Waals surface area contributed by atoms with Crippen LogP contribution in [0.3, 0.4) is 0 Å². The molecule has 0 saturated carbocycles. The van der Waals surface area contributed by atoms with Gasteiger partial charge in [0, 0.05) is 0 Å². The van der Waals surface area contributed by atoms with Crippen molar-refractivity contribution in [3.05, 3.63) is 0 Å². The molecular formula is C13H24O3. The first kappa shape index (κ1) is 13.5. The number of esters is 1. The van der Waals surface area contributed by atoms with E-state index in [1.54, 1.807) is 0 Å². The molecule has 94 valence electrons. The van der Waals surface area contributed by atoms with Crippen LogP contribution >= 0.6 is 0 Å². The Kier molecular flexibility index (Phi) is 6.46. The second kappa shape index (κ2) is 7.66. The fraction of sp³-hybridized carbons (Fsp3) is 0.923. The highest BCUT2D eigenvalue weighted by Crippen LogP contribution is 2.24. The third-order valence-corrected chi connectivity index (χ3v) is 3.19. The van der Waals surface area contributed by atoms with Crippen molar-refractivity contribution in [2.75, 3.05) is 7.11 Å². The van der Waals surface area contributed by atoms with Gasteiger partial charge in [-0.15, -0.1) is 0 Å². The SMILES string of the molecule is CCCCCC1CCCC(CC(=O)OC)O1. The lowest BCUT2D eigenvalue weighted by atomic mass is 9.98. The minimum atomic E-state index is -0.154. The van der Waals surface area contributed by atoms with Crippen LogP contribution in [0.25, 0.3) is 0 Å². The molecule has 1 aliphatic rings. The van der Waals surface area contributed by atoms with E-state index in [1.807, 2.05) is 0 Å². The summed E-state index contributed by atoms with van der Waals surface area (Å²) in [5, 5.41) is 0. The van der Waals surface area contributed by atoms with E-state index < -0.39 is 0 Å². The summed E-state index contributed by atoms with van der Waals surface area (Å²) < 4.78 is 10.6. The van der Waals surface area contributed by atoms with Gasteiger partial charge in [-0.25, -0.2) is 0 Å². The molecule has 0 aromatic rings. The van der Waals surface area contributed by atoms with Crippen molar-refractivity contribution in [2.45, 2.75) is 70.5 Å². The van der Waals surface area contributed by atoms with Crippen molar-refractivity contribution in [3.63, 3.8) is 0 Å². The first-order chi connectivity index (χ1) is 7.76. The van der Waals surface area contributed by atoms with Gasteiger partial charge in [-0.2, -0.15) is 0 Å². The molecular weight excluding hydrogens is 204 g/mol. The van der Waals surface area contributed by atoms with Crippen LogP contribution in [0.15, 0.2) is 0 Å². The number of carbonyl (C=O) groups is 1. The Hall–Kier alpha value is -0.570. The number of hydrogen-bond acceptors (Lipinski definition) is 3. The van der Waals surface area contributed by atoms with Crippen molar-refractivity contribution in [3.8, 4) is 0 Å². The molecule has 3 nitrogen and oxygen atoms in total. The average Bonchev–Trinajstić information content (AvgIpc) is 2.30. The Morgan fingerprint density at radius 3 is 2.75 bits per heavy atom. The molecule has 0 N–H and O–H groups in total. The maximum atomic E-state index is 11.1. The van der Waals surface area contributed by atoms with Gasteiger partial charge in [0.2, 0.25) is 0 Å². The molecule has 0 aromatic carbocycles. The number of carbonyl (C=O) groups excluding carboxylic acids is 1. The van der Waals surface area contributed by atoms with Crippen LogP contribution in [0.5, 0.6) is 0 Å². The van der Waals surface area contributed by atoms with E-state index >= 15 is 0 Å². The second-order valence-corrected chi connectivity index (χ2v) is 4.59. The quantitative estimate of drug-likeness (QED) is 0.517. The zero-order valence-electron chi connectivity index (χ0n) is 10.5. The van der Waals surface area contributed by atoms with Crippen LogP contribution in [0.2, 0.25) is 0 Å². The summed E-state index contributed by atoms with van der Waals surface area (Å²) >= 11 is 0. The van der Waals surface area contributed by atoms with Crippen molar-refractivity contribution in [1.29, 1.82) is 0 Å². The maximum absolute atomic E-state index is 11.1. The smallest absolute Gasteiger partial charge is 0.308 e. The van der Waals surface area contributed by atoms with Crippen molar-refractivity contribution < 1.29 is 14.3 Å². The molecule has 0 bridgehead atoms. The molecule has 1 heterocycles. The zero-order valence-corrected chi connectivity index (χ0v) is 10.5. The highest BCUT2D eigenvalue weighted by atomic mass is 16.5. The Balaban J connectivity index is 2.21. The third kappa shape index (κ3) is 4.97. The second-order valence-electron chi connectivity index (χ2n) is 4.59. The lowest BCUT2D eigenvalue weighted by molar-refractivity contribution is -0.147. The molecule has 1 saturated heterocycles. The van der Waals surface area contributed by atoms with Gasteiger partial charge in [-0.05, 0) is 25.7 Å². The molecule has 1 fully saturated rings. The Bertz CT molecular complexity index is 203. The first-order valence-electron chi connectivity index (χ1n) is 6.48. The highest BCUT2D eigenvalue weighted by Gasteiger charge is 2.24. The van der Waals surface area contributed by atoms with Crippen LogP contribution < -0.4 is 0 Å². The zero-order chi connectivity index (χ0) is 11.8. The lowest BCUT2D eigenvalue weighted by Crippen LogP contribution is -2.29. The predicted molar refractivity (Wildman–Crippen MR) is 63.3 cm³/mol. The van der Waals surface area contributed by atoms with Crippen LogP contribution in [0, 0.1) is 0 Å². The fourth-order valence-corrected chi connectivity index (χ4v) is 2.24. The summed E-state index contributed by atoms with van der Waals surface area (Å²) in [6.07, 6.45) is 9.13. The van der Waals surface area contributed by atoms with Crippen LogP contribution in [-0.2, 0) is 14.3 Å². The third-order valence-electron chi connectivity index (χ3n) is 3.19. The van der Waals surface area contributed by atoms with Gasteiger partial charge in [-0.3, -0.25) is 4.79 Å². The van der Waals surface area contributed by atoms with Gasteiger partial charge in [0.15, 0.2) is 0 Å². The molecule has 0 spiro atoms. The Labute approximate surface area is 98.5 Å². The van der Waals surface area contributed by atoms with E-state index in [9.17, 15) is 4.79 Å². The molecule has 16 heavy (non-hydrogen) atoms. The standard InChI is InChI=1S/C13H24O3/c1-3-4-5-7-11-8-6-9-12(16-11)10-13(14)15-2/h11-12H,3-10H2,1-2H3. The summed E-state index contributed by atoms with van der Waals surface area (Å²) in [6, 6.07) is 0. The monoisotopic (exact) mass is 228 g/mol. The van der Waals surface area contributed by atoms with Gasteiger partial charge in [0.1, 0.15) is 0 Å². The number of hydrogen-bond donors (Lipinski definition) is 0. The number of rotatable bonds is 6. The summed E-state index contributed by atoms with van der Waals surface area (Å²) in [6.45, 7) is 2.21. The van der Waals surface area contributed by atoms with Crippen molar-refractivity contribution in [1.82, 2.24) is 0 Å². The molecule has 1 aliphatic heterocycles. The molecule has 0 aromatic heterocycles. The minimum Gasteiger partial charge on any atom is -0.469 e. The van der Waals surface area contributed by atoms with Gasteiger partial charge in [-0.1, -0.05) is 26.2 Å². The highest BCUT2D eigenvalue weighted by molar-refractivity contribution is 5.69. The number of ether oxygens (including phenoxy) is 2. The van der Waals surface area contributed by atoms with Gasteiger partial charge in [0.25, 0.3) is 0 Å². The minimum absolute atomic E-state index is 0.0906. The van der Waals surface area contributed by atoms with E-state index in [4.69, 9.17) is 4.74 Å². The van der Waals surface area contributed by atoms with Crippen LogP contribution in [0.1, 0.15) is 58.3 Å². The Morgan fingerprint density at radius 2 is 2.06 bits per heavy atom. The molecule has 0 amide bonds. The first-order valence-corrected chi connectivity index (χ1v) is 6.48. The van der Waals surface area contributed by atoms with Crippen LogP contribution in [0.4, 0.5) is 0 Å². The van der Waals surface area contributed by atoms with E-state index in [2.05, 4.69) is 11.7 Å². The lowest BCUT2D eigenvalue weighted by Gasteiger charge is -2.29. The number of methoxy groups -OCH3 is 1. The maximum Gasteiger partial charge on any atom is 0.308 e. The number of unbranched alkanes of at least 4 members (excludes halogenated alkanes) is 2. The summed E-state index contributed by atoms with van der Waals surface area (Å²) in [5.41, 5.74) is 0. The van der Waals surface area contributed by atoms with Gasteiger partial charge >= 0.3 is 5.97 Å². The summed E-state index contributed by atoms with van der Waals surface area (Å²) in [7, 11) is 1.43. The average molecular weight is 228 g/mol. The van der Waals surface area contributed by atoms with Crippen LogP contribution in [-0.4, -0.2) is 25.3 Å².